The third-order valence-electron chi connectivity index (χ3n) is 4.68. The summed E-state index contributed by atoms with van der Waals surface area (Å²) in [4.78, 5) is 14.9. The number of amides is 1. The second-order valence-electron chi connectivity index (χ2n) is 5.95. The number of hydrogen-bond acceptors (Lipinski definition) is 2. The topological polar surface area (TPSA) is 32.3 Å². The van der Waals surface area contributed by atoms with E-state index in [0.717, 1.165) is 18.8 Å². The van der Waals surface area contributed by atoms with Crippen molar-refractivity contribution in [2.24, 2.45) is 5.92 Å². The highest BCUT2D eigenvalue weighted by Crippen LogP contribution is 2.32. The van der Waals surface area contributed by atoms with Gasteiger partial charge in [0, 0.05) is 29.2 Å². The van der Waals surface area contributed by atoms with Crippen LogP contribution in [0.2, 0.25) is 5.02 Å². The fraction of sp³-hybridized carbons (Fsp3) is 0.562. The number of rotatable bonds is 3. The number of fused-ring (bicyclic) bond motifs is 2. The van der Waals surface area contributed by atoms with Crippen molar-refractivity contribution in [1.82, 2.24) is 10.2 Å². The zero-order valence-electron chi connectivity index (χ0n) is 11.8. The molecule has 3 nitrogen and oxygen atoms in total. The van der Waals surface area contributed by atoms with Gasteiger partial charge in [0.1, 0.15) is 0 Å². The Morgan fingerprint density at radius 1 is 1.40 bits per heavy atom. The van der Waals surface area contributed by atoms with E-state index in [1.165, 1.54) is 19.5 Å². The summed E-state index contributed by atoms with van der Waals surface area (Å²) >= 11 is 5.86. The fourth-order valence-electron chi connectivity index (χ4n) is 3.68. The molecule has 2 saturated heterocycles. The molecule has 0 aliphatic carbocycles. The lowest BCUT2D eigenvalue weighted by Gasteiger charge is -2.39. The van der Waals surface area contributed by atoms with Crippen LogP contribution in [0.1, 0.15) is 36.5 Å². The Morgan fingerprint density at radius 2 is 2.15 bits per heavy atom. The Bertz CT molecular complexity index is 488. The highest BCUT2D eigenvalue weighted by molar-refractivity contribution is 6.30. The average Bonchev–Trinajstić information content (AvgIpc) is 2.82. The minimum atomic E-state index is 0.0209. The van der Waals surface area contributed by atoms with Crippen molar-refractivity contribution >= 4 is 17.5 Å². The predicted octanol–water partition coefficient (Wildman–Crippen LogP) is 2.94. The summed E-state index contributed by atoms with van der Waals surface area (Å²) in [6.07, 6.45) is 3.50. The molecule has 20 heavy (non-hydrogen) atoms. The molecule has 1 amide bonds. The van der Waals surface area contributed by atoms with Gasteiger partial charge in [0.2, 0.25) is 0 Å². The Hall–Kier alpha value is -1.06. The number of carbonyl (C=O) groups excluding carboxylic acids is 1. The second kappa shape index (κ2) is 5.74. The zero-order chi connectivity index (χ0) is 14.1. The maximum absolute atomic E-state index is 12.3. The summed E-state index contributed by atoms with van der Waals surface area (Å²) in [5.41, 5.74) is 0.692. The highest BCUT2D eigenvalue weighted by Gasteiger charge is 2.39. The minimum absolute atomic E-state index is 0.0209. The van der Waals surface area contributed by atoms with Gasteiger partial charge in [0.25, 0.3) is 5.91 Å². The molecule has 1 N–H and O–H groups in total. The van der Waals surface area contributed by atoms with Crippen LogP contribution in [0.5, 0.6) is 0 Å². The molecule has 3 rings (SSSR count). The van der Waals surface area contributed by atoms with Crippen molar-refractivity contribution in [3.05, 3.63) is 34.9 Å². The molecule has 4 heteroatoms. The van der Waals surface area contributed by atoms with Gasteiger partial charge in [0.15, 0.2) is 0 Å². The molecule has 2 aliphatic rings. The number of benzene rings is 1. The normalized spacial score (nSPS) is 32.1. The summed E-state index contributed by atoms with van der Waals surface area (Å²) in [5.74, 6) is 0.779. The molecule has 4 atom stereocenters. The van der Waals surface area contributed by atoms with Gasteiger partial charge in [-0.05, 0) is 56.0 Å². The standard InChI is InChI=1S/C16H21ClN2O/c1-2-15-14(9-11-7-8-19(15)10-11)18-16(20)12-3-5-13(17)6-4-12/h3-6,11,14-15H,2,7-10H2,1H3,(H,18,20). The third kappa shape index (κ3) is 2.70. The SMILES string of the molecule is CCC1C(NC(=O)c2ccc(Cl)cc2)CC2CCN1C2. The van der Waals surface area contributed by atoms with Crippen LogP contribution >= 0.6 is 11.6 Å². The van der Waals surface area contributed by atoms with Crippen molar-refractivity contribution in [1.29, 1.82) is 0 Å². The lowest BCUT2D eigenvalue weighted by molar-refractivity contribution is 0.0840. The van der Waals surface area contributed by atoms with Crippen molar-refractivity contribution in [3.63, 3.8) is 0 Å². The van der Waals surface area contributed by atoms with Crippen molar-refractivity contribution in [3.8, 4) is 0 Å². The smallest absolute Gasteiger partial charge is 0.251 e. The molecular formula is C16H21ClN2O. The van der Waals surface area contributed by atoms with E-state index in [2.05, 4.69) is 17.1 Å². The van der Waals surface area contributed by atoms with E-state index in [-0.39, 0.29) is 11.9 Å². The summed E-state index contributed by atoms with van der Waals surface area (Å²) in [6, 6.07) is 7.88. The first kappa shape index (κ1) is 13.9. The number of piperidine rings is 1. The maximum Gasteiger partial charge on any atom is 0.251 e. The molecule has 4 unspecified atom stereocenters. The molecule has 2 heterocycles. The monoisotopic (exact) mass is 292 g/mol. The Labute approximate surface area is 125 Å². The number of hydrogen-bond donors (Lipinski definition) is 1. The molecule has 2 bridgehead atoms. The van der Waals surface area contributed by atoms with Gasteiger partial charge in [-0.25, -0.2) is 0 Å². The van der Waals surface area contributed by atoms with Crippen LogP contribution in [-0.4, -0.2) is 36.0 Å². The van der Waals surface area contributed by atoms with Crippen LogP contribution in [0.4, 0.5) is 0 Å². The largest absolute Gasteiger partial charge is 0.348 e. The van der Waals surface area contributed by atoms with Crippen LogP contribution < -0.4 is 5.32 Å². The lowest BCUT2D eigenvalue weighted by atomic mass is 9.89. The fourth-order valence-corrected chi connectivity index (χ4v) is 3.80. The van der Waals surface area contributed by atoms with Gasteiger partial charge in [-0.15, -0.1) is 0 Å². The molecule has 108 valence electrons. The van der Waals surface area contributed by atoms with Gasteiger partial charge in [-0.2, -0.15) is 0 Å². The van der Waals surface area contributed by atoms with Crippen molar-refractivity contribution in [2.45, 2.75) is 38.3 Å². The van der Waals surface area contributed by atoms with E-state index in [1.807, 2.05) is 0 Å². The summed E-state index contributed by atoms with van der Waals surface area (Å²) < 4.78 is 0. The number of nitrogens with one attached hydrogen (secondary N) is 1. The van der Waals surface area contributed by atoms with Gasteiger partial charge < -0.3 is 5.32 Å². The van der Waals surface area contributed by atoms with Crippen molar-refractivity contribution < 1.29 is 4.79 Å². The first-order valence-electron chi connectivity index (χ1n) is 7.48. The highest BCUT2D eigenvalue weighted by atomic mass is 35.5. The third-order valence-corrected chi connectivity index (χ3v) is 4.93. The van der Waals surface area contributed by atoms with Gasteiger partial charge >= 0.3 is 0 Å². The molecule has 0 radical (unpaired) electrons. The van der Waals surface area contributed by atoms with Gasteiger partial charge in [0.05, 0.1) is 0 Å². The van der Waals surface area contributed by atoms with Crippen LogP contribution in [0, 0.1) is 5.92 Å². The maximum atomic E-state index is 12.3. The second-order valence-corrected chi connectivity index (χ2v) is 6.38. The number of halogens is 1. The molecule has 0 saturated carbocycles. The zero-order valence-corrected chi connectivity index (χ0v) is 12.6. The van der Waals surface area contributed by atoms with E-state index in [1.54, 1.807) is 24.3 Å². The van der Waals surface area contributed by atoms with E-state index >= 15 is 0 Å². The van der Waals surface area contributed by atoms with E-state index in [0.29, 0.717) is 16.6 Å². The van der Waals surface area contributed by atoms with Crippen molar-refractivity contribution in [2.75, 3.05) is 13.1 Å². The Kier molecular flexibility index (Phi) is 3.99. The summed E-state index contributed by atoms with van der Waals surface area (Å²) in [6.45, 7) is 4.62. The number of carbonyl (C=O) groups is 1. The van der Waals surface area contributed by atoms with E-state index < -0.39 is 0 Å². The molecule has 2 aliphatic heterocycles. The quantitative estimate of drug-likeness (QED) is 0.929. The van der Waals surface area contributed by atoms with Crippen LogP contribution in [-0.2, 0) is 0 Å². The van der Waals surface area contributed by atoms with E-state index in [4.69, 9.17) is 11.6 Å². The van der Waals surface area contributed by atoms with Crippen LogP contribution in [0.15, 0.2) is 24.3 Å². The van der Waals surface area contributed by atoms with E-state index in [9.17, 15) is 4.79 Å². The molecule has 2 fully saturated rings. The molecule has 1 aromatic carbocycles. The molecule has 1 aromatic rings. The average molecular weight is 293 g/mol. The first-order chi connectivity index (χ1) is 9.67. The molecule has 0 aromatic heterocycles. The van der Waals surface area contributed by atoms with Gasteiger partial charge in [-0.1, -0.05) is 18.5 Å². The number of nitrogens with zero attached hydrogens (tertiary/aromatic N) is 1. The summed E-state index contributed by atoms with van der Waals surface area (Å²) in [7, 11) is 0. The Balaban J connectivity index is 1.70. The predicted molar refractivity (Wildman–Crippen MR) is 81.1 cm³/mol. The van der Waals surface area contributed by atoms with Crippen LogP contribution in [0.3, 0.4) is 0 Å². The molecular weight excluding hydrogens is 272 g/mol. The minimum Gasteiger partial charge on any atom is -0.348 e. The first-order valence-corrected chi connectivity index (χ1v) is 7.85. The summed E-state index contributed by atoms with van der Waals surface area (Å²) in [5, 5.41) is 3.89. The lowest BCUT2D eigenvalue weighted by Crippen LogP contribution is -2.54. The van der Waals surface area contributed by atoms with Crippen LogP contribution in [0.25, 0.3) is 0 Å². The van der Waals surface area contributed by atoms with Gasteiger partial charge in [-0.3, -0.25) is 9.69 Å². The Morgan fingerprint density at radius 3 is 2.85 bits per heavy atom. The molecule has 0 spiro atoms.